The summed E-state index contributed by atoms with van der Waals surface area (Å²) in [6.45, 7) is 3.73. The maximum atomic E-state index is 10.7. The van der Waals surface area contributed by atoms with Crippen LogP contribution in [0, 0.1) is 13.8 Å². The summed E-state index contributed by atoms with van der Waals surface area (Å²) in [4.78, 5) is 15.9. The van der Waals surface area contributed by atoms with Crippen molar-refractivity contribution in [2.45, 2.75) is 23.9 Å². The van der Waals surface area contributed by atoms with E-state index in [1.165, 1.54) is 11.8 Å². The van der Waals surface area contributed by atoms with Crippen LogP contribution in [0.2, 0.25) is 0 Å². The third-order valence-corrected chi connectivity index (χ3v) is 3.25. The van der Waals surface area contributed by atoms with Crippen molar-refractivity contribution in [1.29, 1.82) is 0 Å². The van der Waals surface area contributed by atoms with Gasteiger partial charge in [0.05, 0.1) is 17.0 Å². The summed E-state index contributed by atoms with van der Waals surface area (Å²) in [5, 5.41) is 17.3. The number of aromatic carboxylic acids is 1. The van der Waals surface area contributed by atoms with Crippen molar-refractivity contribution in [3.8, 4) is 0 Å². The summed E-state index contributed by atoms with van der Waals surface area (Å²) in [6, 6.07) is 6.57. The van der Waals surface area contributed by atoms with E-state index >= 15 is 0 Å². The van der Waals surface area contributed by atoms with Crippen LogP contribution in [-0.2, 0) is 0 Å². The van der Waals surface area contributed by atoms with E-state index in [0.717, 1.165) is 16.3 Å². The van der Waals surface area contributed by atoms with Crippen LogP contribution >= 0.6 is 11.8 Å². The van der Waals surface area contributed by atoms with Gasteiger partial charge in [0, 0.05) is 4.90 Å². The standard InChI is InChI=1S/C12H11N3O2S/c1-7-8(2)14-15-12(13-7)18-10-5-3-9(4-6-10)11(16)17/h3-6H,1-2H3,(H,16,17). The normalized spacial score (nSPS) is 10.3. The Morgan fingerprint density at radius 2 is 1.78 bits per heavy atom. The quantitative estimate of drug-likeness (QED) is 0.913. The van der Waals surface area contributed by atoms with Crippen molar-refractivity contribution < 1.29 is 9.90 Å². The van der Waals surface area contributed by atoms with E-state index in [9.17, 15) is 4.79 Å². The molecule has 0 spiro atoms. The topological polar surface area (TPSA) is 76.0 Å². The number of carboxylic acids is 1. The van der Waals surface area contributed by atoms with Crippen LogP contribution < -0.4 is 0 Å². The van der Waals surface area contributed by atoms with Gasteiger partial charge in [0.1, 0.15) is 0 Å². The molecule has 18 heavy (non-hydrogen) atoms. The Labute approximate surface area is 108 Å². The summed E-state index contributed by atoms with van der Waals surface area (Å²) in [6.07, 6.45) is 0. The number of hydrogen-bond donors (Lipinski definition) is 1. The van der Waals surface area contributed by atoms with Gasteiger partial charge in [0.2, 0.25) is 5.16 Å². The van der Waals surface area contributed by atoms with E-state index in [-0.39, 0.29) is 5.56 Å². The first-order valence-electron chi connectivity index (χ1n) is 5.25. The molecule has 0 saturated carbocycles. The zero-order valence-corrected chi connectivity index (χ0v) is 10.7. The smallest absolute Gasteiger partial charge is 0.335 e. The lowest BCUT2D eigenvalue weighted by Gasteiger charge is -2.02. The van der Waals surface area contributed by atoms with E-state index in [4.69, 9.17) is 5.11 Å². The van der Waals surface area contributed by atoms with Crippen molar-refractivity contribution in [2.24, 2.45) is 0 Å². The van der Waals surface area contributed by atoms with Crippen LogP contribution in [0.3, 0.4) is 0 Å². The first-order chi connectivity index (χ1) is 8.56. The number of benzene rings is 1. The number of aromatic nitrogens is 3. The fraction of sp³-hybridized carbons (Fsp3) is 0.167. The molecule has 0 bridgehead atoms. The summed E-state index contributed by atoms with van der Waals surface area (Å²) >= 11 is 1.35. The molecule has 1 heterocycles. The van der Waals surface area contributed by atoms with Gasteiger partial charge in [0.15, 0.2) is 0 Å². The molecule has 0 aliphatic heterocycles. The molecule has 0 aliphatic carbocycles. The van der Waals surface area contributed by atoms with E-state index in [0.29, 0.717) is 5.16 Å². The Morgan fingerprint density at radius 1 is 1.11 bits per heavy atom. The highest BCUT2D eigenvalue weighted by Crippen LogP contribution is 2.24. The second-order valence-electron chi connectivity index (χ2n) is 3.70. The Balaban J connectivity index is 2.18. The zero-order valence-electron chi connectivity index (χ0n) is 9.91. The zero-order chi connectivity index (χ0) is 13.1. The van der Waals surface area contributed by atoms with E-state index in [1.807, 2.05) is 13.8 Å². The Kier molecular flexibility index (Phi) is 3.57. The molecule has 0 unspecified atom stereocenters. The average Bonchev–Trinajstić information content (AvgIpc) is 2.34. The summed E-state index contributed by atoms with van der Waals surface area (Å²) < 4.78 is 0. The molecule has 0 atom stereocenters. The van der Waals surface area contributed by atoms with E-state index in [2.05, 4.69) is 15.2 Å². The van der Waals surface area contributed by atoms with Gasteiger partial charge in [-0.05, 0) is 49.9 Å². The molecule has 92 valence electrons. The van der Waals surface area contributed by atoms with Crippen LogP contribution in [0.5, 0.6) is 0 Å². The van der Waals surface area contributed by atoms with Gasteiger partial charge in [-0.25, -0.2) is 9.78 Å². The number of nitrogens with zero attached hydrogens (tertiary/aromatic N) is 3. The molecule has 1 aromatic heterocycles. The van der Waals surface area contributed by atoms with Crippen LogP contribution in [-0.4, -0.2) is 26.3 Å². The second kappa shape index (κ2) is 5.14. The molecule has 0 radical (unpaired) electrons. The third-order valence-electron chi connectivity index (χ3n) is 2.38. The number of hydrogen-bond acceptors (Lipinski definition) is 5. The first-order valence-corrected chi connectivity index (χ1v) is 6.07. The second-order valence-corrected chi connectivity index (χ2v) is 4.74. The molecule has 0 saturated heterocycles. The van der Waals surface area contributed by atoms with Crippen molar-refractivity contribution >= 4 is 17.7 Å². The predicted octanol–water partition coefficient (Wildman–Crippen LogP) is 2.34. The van der Waals surface area contributed by atoms with Gasteiger partial charge >= 0.3 is 5.97 Å². The van der Waals surface area contributed by atoms with Gasteiger partial charge < -0.3 is 5.11 Å². The Bertz CT molecular complexity index is 584. The lowest BCUT2D eigenvalue weighted by molar-refractivity contribution is 0.0697. The van der Waals surface area contributed by atoms with Gasteiger partial charge in [0.25, 0.3) is 0 Å². The number of aryl methyl sites for hydroxylation is 2. The largest absolute Gasteiger partial charge is 0.478 e. The number of carbonyl (C=O) groups is 1. The highest BCUT2D eigenvalue weighted by Gasteiger charge is 2.06. The van der Waals surface area contributed by atoms with Crippen LogP contribution in [0.15, 0.2) is 34.3 Å². The minimum Gasteiger partial charge on any atom is -0.478 e. The van der Waals surface area contributed by atoms with Crippen molar-refractivity contribution in [3.63, 3.8) is 0 Å². The highest BCUT2D eigenvalue weighted by molar-refractivity contribution is 7.99. The monoisotopic (exact) mass is 261 g/mol. The molecule has 0 amide bonds. The minimum absolute atomic E-state index is 0.262. The van der Waals surface area contributed by atoms with Gasteiger partial charge in [-0.2, -0.15) is 5.10 Å². The lowest BCUT2D eigenvalue weighted by atomic mass is 10.2. The van der Waals surface area contributed by atoms with Crippen molar-refractivity contribution in [3.05, 3.63) is 41.2 Å². The number of rotatable bonds is 3. The van der Waals surface area contributed by atoms with E-state index in [1.54, 1.807) is 24.3 Å². The Morgan fingerprint density at radius 3 is 2.33 bits per heavy atom. The van der Waals surface area contributed by atoms with Crippen molar-refractivity contribution in [2.75, 3.05) is 0 Å². The van der Waals surface area contributed by atoms with Crippen molar-refractivity contribution in [1.82, 2.24) is 15.2 Å². The molecule has 1 N–H and O–H groups in total. The fourth-order valence-electron chi connectivity index (χ4n) is 1.25. The highest BCUT2D eigenvalue weighted by atomic mass is 32.2. The lowest BCUT2D eigenvalue weighted by Crippen LogP contribution is -1.98. The van der Waals surface area contributed by atoms with Crippen LogP contribution in [0.4, 0.5) is 0 Å². The first kappa shape index (κ1) is 12.5. The van der Waals surface area contributed by atoms with Gasteiger partial charge in [-0.1, -0.05) is 0 Å². The van der Waals surface area contributed by atoms with Crippen LogP contribution in [0.25, 0.3) is 0 Å². The van der Waals surface area contributed by atoms with Gasteiger partial charge in [-0.15, -0.1) is 5.10 Å². The third kappa shape index (κ3) is 2.84. The molecule has 2 aromatic rings. The Hall–Kier alpha value is -1.95. The maximum absolute atomic E-state index is 10.7. The molecular weight excluding hydrogens is 250 g/mol. The number of carboxylic acid groups (broad SMARTS) is 1. The maximum Gasteiger partial charge on any atom is 0.335 e. The molecule has 0 fully saturated rings. The SMILES string of the molecule is Cc1nnc(Sc2ccc(C(=O)O)cc2)nc1C. The molecule has 1 aromatic carbocycles. The summed E-state index contributed by atoms with van der Waals surface area (Å²) in [5.74, 6) is -0.935. The summed E-state index contributed by atoms with van der Waals surface area (Å²) in [7, 11) is 0. The molecule has 6 heteroatoms. The van der Waals surface area contributed by atoms with E-state index < -0.39 is 5.97 Å². The van der Waals surface area contributed by atoms with Gasteiger partial charge in [-0.3, -0.25) is 0 Å². The van der Waals surface area contributed by atoms with Crippen LogP contribution in [0.1, 0.15) is 21.7 Å². The molecule has 2 rings (SSSR count). The average molecular weight is 261 g/mol. The fourth-order valence-corrected chi connectivity index (χ4v) is 2.00. The molecule has 0 aliphatic rings. The minimum atomic E-state index is -0.935. The molecule has 5 nitrogen and oxygen atoms in total. The summed E-state index contributed by atoms with van der Waals surface area (Å²) in [5.41, 5.74) is 1.91. The molecular formula is C12H11N3O2S. The predicted molar refractivity (Wildman–Crippen MR) is 66.8 cm³/mol.